The van der Waals surface area contributed by atoms with Crippen LogP contribution in [0, 0.1) is 0 Å². The van der Waals surface area contributed by atoms with Gasteiger partial charge in [-0.3, -0.25) is 0 Å². The summed E-state index contributed by atoms with van der Waals surface area (Å²) in [6.07, 6.45) is 2.34. The first-order valence-corrected chi connectivity index (χ1v) is 5.81. The van der Waals surface area contributed by atoms with Crippen molar-refractivity contribution in [3.63, 3.8) is 0 Å². The summed E-state index contributed by atoms with van der Waals surface area (Å²) in [5.74, 6) is 0.687. The number of ether oxygens (including phenoxy) is 1. The average molecular weight is 272 g/mol. The summed E-state index contributed by atoms with van der Waals surface area (Å²) in [7, 11) is 1.56. The van der Waals surface area contributed by atoms with Crippen molar-refractivity contribution in [2.75, 3.05) is 13.7 Å². The fourth-order valence-corrected chi connectivity index (χ4v) is 2.38. The van der Waals surface area contributed by atoms with Crippen molar-refractivity contribution in [3.05, 3.63) is 22.2 Å². The van der Waals surface area contributed by atoms with Gasteiger partial charge in [-0.1, -0.05) is 0 Å². The number of hydrogen-bond acceptors (Lipinski definition) is 3. The lowest BCUT2D eigenvalue weighted by atomic mass is 10.0. The number of hydrogen-bond donors (Lipinski definition) is 2. The monoisotopic (exact) mass is 271 g/mol. The van der Waals surface area contributed by atoms with E-state index in [4.69, 9.17) is 4.74 Å². The van der Waals surface area contributed by atoms with Crippen LogP contribution in [0.2, 0.25) is 0 Å². The van der Waals surface area contributed by atoms with Crippen LogP contribution in [0.5, 0.6) is 11.5 Å². The standard InChI is InChI=1S/C11H14BrNO2/c1-15-10-6-7(5-8(12)11(10)14)9-3-2-4-13-9/h5-6,9,13-14H,2-4H2,1H3. The fraction of sp³-hybridized carbons (Fsp3) is 0.455. The Hall–Kier alpha value is -0.740. The number of halogens is 1. The van der Waals surface area contributed by atoms with Gasteiger partial charge in [0.1, 0.15) is 0 Å². The van der Waals surface area contributed by atoms with Crippen LogP contribution in [0.1, 0.15) is 24.4 Å². The molecule has 0 saturated carbocycles. The van der Waals surface area contributed by atoms with Crippen LogP contribution in [0.25, 0.3) is 0 Å². The van der Waals surface area contributed by atoms with E-state index in [1.807, 2.05) is 12.1 Å². The van der Waals surface area contributed by atoms with Gasteiger partial charge in [-0.05, 0) is 53.0 Å². The van der Waals surface area contributed by atoms with Gasteiger partial charge >= 0.3 is 0 Å². The second-order valence-electron chi connectivity index (χ2n) is 3.70. The molecule has 0 spiro atoms. The zero-order chi connectivity index (χ0) is 10.8. The number of benzene rings is 1. The molecule has 2 N–H and O–H groups in total. The number of phenols is 1. The molecule has 1 atom stereocenters. The molecule has 1 heterocycles. The number of methoxy groups -OCH3 is 1. The molecule has 0 aliphatic carbocycles. The lowest BCUT2D eigenvalue weighted by Gasteiger charge is -2.14. The second kappa shape index (κ2) is 4.41. The SMILES string of the molecule is COc1cc(C2CCCN2)cc(Br)c1O. The minimum absolute atomic E-state index is 0.166. The number of phenolic OH excluding ortho intramolecular Hbond substituents is 1. The molecule has 1 fully saturated rings. The van der Waals surface area contributed by atoms with E-state index >= 15 is 0 Å². The molecule has 0 aromatic heterocycles. The van der Waals surface area contributed by atoms with Crippen molar-refractivity contribution < 1.29 is 9.84 Å². The van der Waals surface area contributed by atoms with Gasteiger partial charge < -0.3 is 15.2 Å². The van der Waals surface area contributed by atoms with Crippen LogP contribution in [-0.2, 0) is 0 Å². The summed E-state index contributed by atoms with van der Waals surface area (Å²) < 4.78 is 5.80. The molecule has 2 rings (SSSR count). The highest BCUT2D eigenvalue weighted by Gasteiger charge is 2.19. The summed E-state index contributed by atoms with van der Waals surface area (Å²) in [4.78, 5) is 0. The molecule has 0 amide bonds. The maximum Gasteiger partial charge on any atom is 0.172 e. The van der Waals surface area contributed by atoms with E-state index in [0.717, 1.165) is 18.5 Å². The highest BCUT2D eigenvalue weighted by molar-refractivity contribution is 9.10. The minimum atomic E-state index is 0.166. The van der Waals surface area contributed by atoms with Gasteiger partial charge in [0.2, 0.25) is 0 Å². The lowest BCUT2D eigenvalue weighted by Crippen LogP contribution is -2.12. The largest absolute Gasteiger partial charge is 0.503 e. The van der Waals surface area contributed by atoms with Crippen LogP contribution in [0.3, 0.4) is 0 Å². The summed E-state index contributed by atoms with van der Waals surface area (Å²) in [5, 5.41) is 13.1. The Morgan fingerprint density at radius 3 is 2.93 bits per heavy atom. The summed E-state index contributed by atoms with van der Waals surface area (Å²) >= 11 is 3.33. The van der Waals surface area contributed by atoms with Crippen molar-refractivity contribution in [1.82, 2.24) is 5.32 Å². The maximum atomic E-state index is 9.67. The van der Waals surface area contributed by atoms with Gasteiger partial charge in [0.25, 0.3) is 0 Å². The first kappa shape index (κ1) is 10.8. The highest BCUT2D eigenvalue weighted by atomic mass is 79.9. The van der Waals surface area contributed by atoms with Crippen molar-refractivity contribution in [2.45, 2.75) is 18.9 Å². The Balaban J connectivity index is 2.35. The maximum absolute atomic E-state index is 9.67. The minimum Gasteiger partial charge on any atom is -0.503 e. The molecule has 0 radical (unpaired) electrons. The average Bonchev–Trinajstić information content (AvgIpc) is 2.75. The van der Waals surface area contributed by atoms with E-state index in [1.165, 1.54) is 6.42 Å². The predicted octanol–water partition coefficient (Wildman–Crippen LogP) is 2.59. The first-order chi connectivity index (χ1) is 7.22. The molecule has 1 aliphatic rings. The molecule has 1 aliphatic heterocycles. The zero-order valence-electron chi connectivity index (χ0n) is 8.59. The Labute approximate surface area is 97.6 Å². The van der Waals surface area contributed by atoms with Crippen LogP contribution in [-0.4, -0.2) is 18.8 Å². The van der Waals surface area contributed by atoms with Gasteiger partial charge in [-0.15, -0.1) is 0 Å². The molecule has 4 heteroatoms. The Morgan fingerprint density at radius 1 is 1.53 bits per heavy atom. The number of rotatable bonds is 2. The summed E-state index contributed by atoms with van der Waals surface area (Å²) in [6, 6.07) is 4.22. The summed E-state index contributed by atoms with van der Waals surface area (Å²) in [6.45, 7) is 1.06. The summed E-state index contributed by atoms with van der Waals surface area (Å²) in [5.41, 5.74) is 1.16. The molecule has 3 nitrogen and oxygen atoms in total. The van der Waals surface area contributed by atoms with Gasteiger partial charge in [0, 0.05) is 6.04 Å². The van der Waals surface area contributed by atoms with E-state index in [2.05, 4.69) is 21.2 Å². The number of nitrogens with one attached hydrogen (secondary N) is 1. The molecular formula is C11H14BrNO2. The highest BCUT2D eigenvalue weighted by Crippen LogP contribution is 2.38. The molecule has 82 valence electrons. The van der Waals surface area contributed by atoms with Gasteiger partial charge in [-0.25, -0.2) is 0 Å². The van der Waals surface area contributed by atoms with Crippen molar-refractivity contribution in [2.24, 2.45) is 0 Å². The Bertz CT molecular complexity index is 362. The van der Waals surface area contributed by atoms with E-state index in [-0.39, 0.29) is 5.75 Å². The fourth-order valence-electron chi connectivity index (χ4n) is 1.92. The van der Waals surface area contributed by atoms with Gasteiger partial charge in [0.05, 0.1) is 11.6 Å². The van der Waals surface area contributed by atoms with E-state index in [0.29, 0.717) is 16.3 Å². The van der Waals surface area contributed by atoms with Gasteiger partial charge in [0.15, 0.2) is 11.5 Å². The molecule has 1 unspecified atom stereocenters. The first-order valence-electron chi connectivity index (χ1n) is 5.02. The quantitative estimate of drug-likeness (QED) is 0.869. The topological polar surface area (TPSA) is 41.5 Å². The van der Waals surface area contributed by atoms with Crippen LogP contribution >= 0.6 is 15.9 Å². The normalized spacial score (nSPS) is 20.5. The van der Waals surface area contributed by atoms with E-state index < -0.39 is 0 Å². The van der Waals surface area contributed by atoms with Crippen LogP contribution < -0.4 is 10.1 Å². The molecule has 0 bridgehead atoms. The van der Waals surface area contributed by atoms with Crippen molar-refractivity contribution in [1.29, 1.82) is 0 Å². The van der Waals surface area contributed by atoms with Crippen molar-refractivity contribution in [3.8, 4) is 11.5 Å². The molecule has 1 saturated heterocycles. The molecular weight excluding hydrogens is 258 g/mol. The Kier molecular flexibility index (Phi) is 3.17. The van der Waals surface area contributed by atoms with Gasteiger partial charge in [-0.2, -0.15) is 0 Å². The number of aromatic hydroxyl groups is 1. The third-order valence-corrected chi connectivity index (χ3v) is 3.34. The van der Waals surface area contributed by atoms with Crippen LogP contribution in [0.15, 0.2) is 16.6 Å². The lowest BCUT2D eigenvalue weighted by molar-refractivity contribution is 0.370. The molecule has 15 heavy (non-hydrogen) atoms. The predicted molar refractivity (Wildman–Crippen MR) is 62.3 cm³/mol. The third-order valence-electron chi connectivity index (χ3n) is 2.73. The Morgan fingerprint density at radius 2 is 2.33 bits per heavy atom. The third kappa shape index (κ3) is 2.11. The van der Waals surface area contributed by atoms with Crippen molar-refractivity contribution >= 4 is 15.9 Å². The zero-order valence-corrected chi connectivity index (χ0v) is 10.2. The molecule has 1 aromatic carbocycles. The smallest absolute Gasteiger partial charge is 0.172 e. The second-order valence-corrected chi connectivity index (χ2v) is 4.56. The molecule has 1 aromatic rings. The van der Waals surface area contributed by atoms with E-state index in [1.54, 1.807) is 7.11 Å². The van der Waals surface area contributed by atoms with Crippen LogP contribution in [0.4, 0.5) is 0 Å². The van der Waals surface area contributed by atoms with E-state index in [9.17, 15) is 5.11 Å².